The van der Waals surface area contributed by atoms with Gasteiger partial charge < -0.3 is 10.2 Å². The lowest BCUT2D eigenvalue weighted by molar-refractivity contribution is -0.124. The molecule has 1 N–H and O–H groups in total. The van der Waals surface area contributed by atoms with Gasteiger partial charge in [-0.1, -0.05) is 29.8 Å². The van der Waals surface area contributed by atoms with E-state index < -0.39 is 6.04 Å². The SMILES string of the molecule is Cc1ccc(CNC(=O)C(C)n2cnc3nc(N4CCCCC4)ncc3c2=O)cc1. The summed E-state index contributed by atoms with van der Waals surface area (Å²) < 4.78 is 1.33. The molecule has 3 heterocycles. The highest BCUT2D eigenvalue weighted by molar-refractivity contribution is 5.80. The average Bonchev–Trinajstić information content (AvgIpc) is 2.78. The van der Waals surface area contributed by atoms with Gasteiger partial charge in [0.25, 0.3) is 5.56 Å². The molecule has 8 heteroatoms. The largest absolute Gasteiger partial charge is 0.350 e. The van der Waals surface area contributed by atoms with Crippen LogP contribution in [0.1, 0.15) is 43.4 Å². The van der Waals surface area contributed by atoms with Gasteiger partial charge in [0.2, 0.25) is 11.9 Å². The van der Waals surface area contributed by atoms with Gasteiger partial charge in [0.05, 0.1) is 0 Å². The number of nitrogens with one attached hydrogen (secondary N) is 1. The number of benzene rings is 1. The first-order chi connectivity index (χ1) is 14.5. The molecule has 1 aromatic carbocycles. The molecule has 1 atom stereocenters. The van der Waals surface area contributed by atoms with E-state index in [0.717, 1.165) is 37.1 Å². The van der Waals surface area contributed by atoms with Crippen LogP contribution in [0.15, 0.2) is 41.6 Å². The van der Waals surface area contributed by atoms with E-state index in [4.69, 9.17) is 0 Å². The van der Waals surface area contributed by atoms with Crippen molar-refractivity contribution in [1.82, 2.24) is 24.8 Å². The first-order valence-corrected chi connectivity index (χ1v) is 10.3. The zero-order valence-electron chi connectivity index (χ0n) is 17.3. The molecule has 30 heavy (non-hydrogen) atoms. The van der Waals surface area contributed by atoms with Gasteiger partial charge >= 0.3 is 0 Å². The number of fused-ring (bicyclic) bond motifs is 1. The summed E-state index contributed by atoms with van der Waals surface area (Å²) in [5.74, 6) is 0.361. The predicted octanol–water partition coefficient (Wildman–Crippen LogP) is 2.36. The van der Waals surface area contributed by atoms with Crippen LogP contribution in [0.4, 0.5) is 5.95 Å². The molecule has 1 saturated heterocycles. The highest BCUT2D eigenvalue weighted by Gasteiger charge is 2.19. The van der Waals surface area contributed by atoms with Gasteiger partial charge in [-0.25, -0.2) is 9.97 Å². The Bertz CT molecular complexity index is 1100. The summed E-state index contributed by atoms with van der Waals surface area (Å²) in [4.78, 5) is 40.8. The number of amides is 1. The Hall–Kier alpha value is -3.29. The lowest BCUT2D eigenvalue weighted by Gasteiger charge is -2.26. The number of aromatic nitrogens is 4. The number of hydrogen-bond acceptors (Lipinski definition) is 6. The fraction of sp³-hybridized carbons (Fsp3) is 0.409. The summed E-state index contributed by atoms with van der Waals surface area (Å²) in [6.45, 7) is 5.94. The molecular weight excluding hydrogens is 380 g/mol. The lowest BCUT2D eigenvalue weighted by atomic mass is 10.1. The molecule has 156 valence electrons. The second kappa shape index (κ2) is 8.61. The monoisotopic (exact) mass is 406 g/mol. The van der Waals surface area contributed by atoms with Crippen molar-refractivity contribution in [3.63, 3.8) is 0 Å². The van der Waals surface area contributed by atoms with Crippen molar-refractivity contribution in [3.05, 3.63) is 58.3 Å². The van der Waals surface area contributed by atoms with Crippen LogP contribution in [0.25, 0.3) is 11.0 Å². The van der Waals surface area contributed by atoms with Gasteiger partial charge in [0.1, 0.15) is 17.8 Å². The summed E-state index contributed by atoms with van der Waals surface area (Å²) in [5.41, 5.74) is 2.21. The highest BCUT2D eigenvalue weighted by atomic mass is 16.2. The summed E-state index contributed by atoms with van der Waals surface area (Å²) in [6, 6.07) is 7.26. The molecule has 4 rings (SSSR count). The molecular formula is C22H26N6O2. The van der Waals surface area contributed by atoms with E-state index in [1.165, 1.54) is 23.5 Å². The number of carbonyl (C=O) groups excluding carboxylic acids is 1. The fourth-order valence-corrected chi connectivity index (χ4v) is 3.61. The van der Waals surface area contributed by atoms with E-state index in [0.29, 0.717) is 23.5 Å². The van der Waals surface area contributed by atoms with Crippen molar-refractivity contribution >= 4 is 22.9 Å². The number of hydrogen-bond donors (Lipinski definition) is 1. The number of piperidine rings is 1. The Morgan fingerprint density at radius 1 is 1.13 bits per heavy atom. The highest BCUT2D eigenvalue weighted by Crippen LogP contribution is 2.17. The maximum Gasteiger partial charge on any atom is 0.265 e. The minimum Gasteiger partial charge on any atom is -0.350 e. The zero-order valence-corrected chi connectivity index (χ0v) is 17.3. The minimum atomic E-state index is -0.693. The second-order valence-electron chi connectivity index (χ2n) is 7.79. The first-order valence-electron chi connectivity index (χ1n) is 10.3. The van der Waals surface area contributed by atoms with Crippen LogP contribution in [-0.4, -0.2) is 38.5 Å². The van der Waals surface area contributed by atoms with Crippen molar-refractivity contribution in [2.24, 2.45) is 0 Å². The molecule has 0 saturated carbocycles. The minimum absolute atomic E-state index is 0.246. The van der Waals surface area contributed by atoms with Gasteiger partial charge in [-0.2, -0.15) is 4.98 Å². The molecule has 2 aromatic heterocycles. The molecule has 0 spiro atoms. The van der Waals surface area contributed by atoms with Crippen LogP contribution in [0, 0.1) is 6.92 Å². The second-order valence-corrected chi connectivity index (χ2v) is 7.79. The van der Waals surface area contributed by atoms with Gasteiger partial charge in [-0.05, 0) is 38.7 Å². The Labute approximate surface area is 175 Å². The zero-order chi connectivity index (χ0) is 21.1. The van der Waals surface area contributed by atoms with E-state index in [1.807, 2.05) is 31.2 Å². The third kappa shape index (κ3) is 4.17. The van der Waals surface area contributed by atoms with Crippen molar-refractivity contribution in [1.29, 1.82) is 0 Å². The first kappa shape index (κ1) is 20.0. The molecule has 0 radical (unpaired) electrons. The van der Waals surface area contributed by atoms with Crippen LogP contribution >= 0.6 is 0 Å². The van der Waals surface area contributed by atoms with E-state index in [-0.39, 0.29) is 11.5 Å². The van der Waals surface area contributed by atoms with Gasteiger partial charge in [-0.15, -0.1) is 0 Å². The number of nitrogens with zero attached hydrogens (tertiary/aromatic N) is 5. The fourth-order valence-electron chi connectivity index (χ4n) is 3.61. The third-order valence-corrected chi connectivity index (χ3v) is 5.55. The number of aryl methyl sites for hydroxylation is 1. The van der Waals surface area contributed by atoms with Crippen molar-refractivity contribution < 1.29 is 4.79 Å². The summed E-state index contributed by atoms with van der Waals surface area (Å²) in [5, 5.41) is 3.20. The molecule has 1 unspecified atom stereocenters. The topological polar surface area (TPSA) is 93.0 Å². The summed E-state index contributed by atoms with van der Waals surface area (Å²) >= 11 is 0. The Balaban J connectivity index is 1.51. The van der Waals surface area contributed by atoms with E-state index in [9.17, 15) is 9.59 Å². The van der Waals surface area contributed by atoms with Crippen molar-refractivity contribution in [2.45, 2.75) is 45.7 Å². The molecule has 1 fully saturated rings. The molecule has 1 amide bonds. The van der Waals surface area contributed by atoms with Crippen molar-refractivity contribution in [3.8, 4) is 0 Å². The molecule has 1 aliphatic rings. The van der Waals surface area contributed by atoms with Crippen LogP contribution in [0.5, 0.6) is 0 Å². The third-order valence-electron chi connectivity index (χ3n) is 5.55. The smallest absolute Gasteiger partial charge is 0.265 e. The van der Waals surface area contributed by atoms with Crippen LogP contribution < -0.4 is 15.8 Å². The Morgan fingerprint density at radius 2 is 1.87 bits per heavy atom. The predicted molar refractivity (Wildman–Crippen MR) is 115 cm³/mol. The molecule has 0 bridgehead atoms. The molecule has 0 aliphatic carbocycles. The Kier molecular flexibility index (Phi) is 5.74. The Morgan fingerprint density at radius 3 is 2.60 bits per heavy atom. The number of rotatable bonds is 5. The van der Waals surface area contributed by atoms with E-state index in [1.54, 1.807) is 6.92 Å². The maximum absolute atomic E-state index is 12.9. The van der Waals surface area contributed by atoms with Crippen molar-refractivity contribution in [2.75, 3.05) is 18.0 Å². The molecule has 8 nitrogen and oxygen atoms in total. The number of anilines is 1. The summed E-state index contributed by atoms with van der Waals surface area (Å²) in [6.07, 6.45) is 6.37. The lowest BCUT2D eigenvalue weighted by Crippen LogP contribution is -2.36. The quantitative estimate of drug-likeness (QED) is 0.699. The molecule has 1 aliphatic heterocycles. The average molecular weight is 406 g/mol. The van der Waals surface area contributed by atoms with Crippen LogP contribution in [0.2, 0.25) is 0 Å². The maximum atomic E-state index is 12.9. The van der Waals surface area contributed by atoms with Gasteiger partial charge in [0, 0.05) is 25.8 Å². The number of carbonyl (C=O) groups is 1. The normalized spacial score (nSPS) is 15.2. The van der Waals surface area contributed by atoms with Gasteiger partial charge in [-0.3, -0.25) is 14.2 Å². The van der Waals surface area contributed by atoms with E-state index in [2.05, 4.69) is 25.2 Å². The van der Waals surface area contributed by atoms with Crippen LogP contribution in [-0.2, 0) is 11.3 Å². The standard InChI is InChI=1S/C22H26N6O2/c1-15-6-8-17(9-7-15)12-23-20(29)16(2)28-14-25-19-18(21(28)30)13-24-22(26-19)27-10-4-3-5-11-27/h6-9,13-14,16H,3-5,10-12H2,1-2H3,(H,23,29). The van der Waals surface area contributed by atoms with E-state index >= 15 is 0 Å². The molecule has 3 aromatic rings. The van der Waals surface area contributed by atoms with Crippen LogP contribution in [0.3, 0.4) is 0 Å². The summed E-state index contributed by atoms with van der Waals surface area (Å²) in [7, 11) is 0. The van der Waals surface area contributed by atoms with Gasteiger partial charge in [0.15, 0.2) is 5.65 Å².